The van der Waals surface area contributed by atoms with Crippen LogP contribution < -0.4 is 9.47 Å². The highest BCUT2D eigenvalue weighted by atomic mass is 35.5. The largest absolute Gasteiger partial charge is 0.469 e. The Labute approximate surface area is 267 Å². The first kappa shape index (κ1) is 29.3. The van der Waals surface area contributed by atoms with Gasteiger partial charge in [0.25, 0.3) is 5.79 Å². The van der Waals surface area contributed by atoms with Crippen LogP contribution in [0, 0.1) is 18.2 Å². The van der Waals surface area contributed by atoms with Crippen LogP contribution in [0.2, 0.25) is 5.02 Å². The summed E-state index contributed by atoms with van der Waals surface area (Å²) in [6.45, 7) is 8.21. The van der Waals surface area contributed by atoms with Crippen molar-refractivity contribution in [2.75, 3.05) is 26.8 Å². The Morgan fingerprint density at radius 2 is 1.89 bits per heavy atom. The van der Waals surface area contributed by atoms with Crippen LogP contribution in [-0.4, -0.2) is 53.3 Å². The Balaban J connectivity index is 0.971. The Hall–Kier alpha value is -3.14. The summed E-state index contributed by atoms with van der Waals surface area (Å²) >= 11 is 6.00. The fraction of sp³-hybridized carbons (Fsp3) is 0.543. The van der Waals surface area contributed by atoms with Gasteiger partial charge < -0.3 is 23.5 Å². The molecule has 45 heavy (non-hydrogen) atoms. The third kappa shape index (κ3) is 4.60. The van der Waals surface area contributed by atoms with E-state index in [9.17, 15) is 9.18 Å². The van der Waals surface area contributed by atoms with Gasteiger partial charge in [-0.1, -0.05) is 23.7 Å². The summed E-state index contributed by atoms with van der Waals surface area (Å²) in [5.74, 6) is 0.936. The van der Waals surface area contributed by atoms with E-state index in [0.29, 0.717) is 28.0 Å². The molecule has 8 nitrogen and oxygen atoms in total. The van der Waals surface area contributed by atoms with Crippen molar-refractivity contribution in [3.05, 3.63) is 75.6 Å². The number of hydrogen-bond acceptors (Lipinski definition) is 7. The number of halogens is 2. The standard InChI is InChI=1S/C35H39ClFN3O5/c1-21-31(34-18-35(19-34,20-34)32(41)42-3)38-29(40(21)16-24-11-14-43-24)17-39-12-9-22(10-13-39)25-5-4-6-28-30(25)45-33(2,44-28)26-8-7-23(36)15-27(26)37/h4-8,15,22,24H,9-14,16-20H2,1-3H3. The van der Waals surface area contributed by atoms with E-state index in [1.54, 1.807) is 19.1 Å². The van der Waals surface area contributed by atoms with E-state index in [1.165, 1.54) is 18.9 Å². The van der Waals surface area contributed by atoms with Gasteiger partial charge in [0.2, 0.25) is 0 Å². The molecule has 10 heteroatoms. The number of fused-ring (bicyclic) bond motifs is 1. The van der Waals surface area contributed by atoms with Crippen molar-refractivity contribution in [3.8, 4) is 11.5 Å². The van der Waals surface area contributed by atoms with Gasteiger partial charge in [0, 0.05) is 35.2 Å². The second-order valence-electron chi connectivity index (χ2n) is 13.9. The number of esters is 1. The number of carbonyl (C=O) groups is 1. The minimum atomic E-state index is -1.26. The molecule has 2 bridgehead atoms. The molecule has 2 unspecified atom stereocenters. The normalized spacial score (nSPS) is 30.4. The summed E-state index contributed by atoms with van der Waals surface area (Å²) in [6, 6.07) is 10.6. The van der Waals surface area contributed by atoms with Gasteiger partial charge in [0.15, 0.2) is 11.5 Å². The summed E-state index contributed by atoms with van der Waals surface area (Å²) in [5.41, 5.74) is 3.51. The zero-order valence-electron chi connectivity index (χ0n) is 26.0. The highest BCUT2D eigenvalue weighted by Gasteiger charge is 2.74. The first-order chi connectivity index (χ1) is 21.6. The molecule has 2 aromatic carbocycles. The van der Waals surface area contributed by atoms with E-state index in [0.717, 1.165) is 88.4 Å². The lowest BCUT2D eigenvalue weighted by molar-refractivity contribution is -0.198. The number of rotatable bonds is 8. The minimum Gasteiger partial charge on any atom is -0.469 e. The van der Waals surface area contributed by atoms with E-state index in [-0.39, 0.29) is 22.9 Å². The van der Waals surface area contributed by atoms with Crippen molar-refractivity contribution in [3.63, 3.8) is 0 Å². The highest BCUT2D eigenvalue weighted by molar-refractivity contribution is 6.30. The molecule has 4 heterocycles. The van der Waals surface area contributed by atoms with Crippen LogP contribution in [0.15, 0.2) is 36.4 Å². The zero-order valence-corrected chi connectivity index (χ0v) is 26.8. The molecular formula is C35H39ClFN3O5. The van der Waals surface area contributed by atoms with Crippen LogP contribution in [0.5, 0.6) is 11.5 Å². The SMILES string of the molecule is COC(=O)C12CC(c3nc(CN4CCC(c5cccc6c5OC(C)(c5ccc(Cl)cc5F)O6)CC4)n(CC4CCO4)c3C)(C1)C2. The van der Waals surface area contributed by atoms with Crippen molar-refractivity contribution in [1.29, 1.82) is 0 Å². The number of methoxy groups -OCH3 is 1. The number of piperidine rings is 1. The predicted octanol–water partition coefficient (Wildman–Crippen LogP) is 6.39. The van der Waals surface area contributed by atoms with Gasteiger partial charge in [0.1, 0.15) is 11.6 Å². The number of hydrogen-bond donors (Lipinski definition) is 0. The van der Waals surface area contributed by atoms with Gasteiger partial charge in [-0.25, -0.2) is 9.37 Å². The maximum Gasteiger partial charge on any atom is 0.311 e. The molecule has 2 atom stereocenters. The molecule has 3 aliphatic carbocycles. The van der Waals surface area contributed by atoms with Crippen LogP contribution in [-0.2, 0) is 38.6 Å². The van der Waals surface area contributed by atoms with Gasteiger partial charge in [-0.2, -0.15) is 0 Å². The summed E-state index contributed by atoms with van der Waals surface area (Å²) in [4.78, 5) is 20.1. The molecule has 6 aliphatic rings. The Kier molecular flexibility index (Phi) is 6.79. The predicted molar refractivity (Wildman–Crippen MR) is 165 cm³/mol. The molecule has 3 saturated carbocycles. The van der Waals surface area contributed by atoms with E-state index in [1.807, 2.05) is 12.1 Å². The first-order valence-corrected chi connectivity index (χ1v) is 16.5. The third-order valence-corrected chi connectivity index (χ3v) is 11.3. The molecule has 0 N–H and O–H groups in total. The summed E-state index contributed by atoms with van der Waals surface area (Å²) < 4.78 is 40.8. The number of ether oxygens (including phenoxy) is 4. The molecule has 0 spiro atoms. The monoisotopic (exact) mass is 635 g/mol. The Morgan fingerprint density at radius 1 is 1.13 bits per heavy atom. The average molecular weight is 636 g/mol. The van der Waals surface area contributed by atoms with Crippen LogP contribution in [0.3, 0.4) is 0 Å². The molecule has 5 fully saturated rings. The van der Waals surface area contributed by atoms with Gasteiger partial charge in [-0.15, -0.1) is 0 Å². The molecular weight excluding hydrogens is 597 g/mol. The van der Waals surface area contributed by atoms with Gasteiger partial charge in [0.05, 0.1) is 43.0 Å². The summed E-state index contributed by atoms with van der Waals surface area (Å²) in [5, 5.41) is 0.333. The molecule has 2 saturated heterocycles. The number of carbonyl (C=O) groups excluding carboxylic acids is 1. The highest BCUT2D eigenvalue weighted by Crippen LogP contribution is 2.74. The molecule has 0 radical (unpaired) electrons. The number of aromatic nitrogens is 2. The minimum absolute atomic E-state index is 0.00488. The van der Waals surface area contributed by atoms with E-state index in [2.05, 4.69) is 22.5 Å². The number of likely N-dealkylation sites (tertiary alicyclic amines) is 1. The van der Waals surface area contributed by atoms with E-state index < -0.39 is 11.6 Å². The molecule has 3 aliphatic heterocycles. The fourth-order valence-corrected chi connectivity index (χ4v) is 8.76. The van der Waals surface area contributed by atoms with Crippen LogP contribution in [0.1, 0.15) is 79.7 Å². The van der Waals surface area contributed by atoms with Crippen molar-refractivity contribution in [2.24, 2.45) is 5.41 Å². The summed E-state index contributed by atoms with van der Waals surface area (Å²) in [7, 11) is 1.49. The number of imidazole rings is 1. The maximum atomic E-state index is 14.9. The van der Waals surface area contributed by atoms with Gasteiger partial charge >= 0.3 is 5.97 Å². The fourth-order valence-electron chi connectivity index (χ4n) is 8.60. The quantitative estimate of drug-likeness (QED) is 0.266. The molecule has 0 amide bonds. The van der Waals surface area contributed by atoms with Crippen molar-refractivity contribution >= 4 is 17.6 Å². The van der Waals surface area contributed by atoms with Gasteiger partial charge in [-0.3, -0.25) is 9.69 Å². The van der Waals surface area contributed by atoms with Crippen LogP contribution in [0.4, 0.5) is 4.39 Å². The molecule has 238 valence electrons. The van der Waals surface area contributed by atoms with Crippen molar-refractivity contribution in [2.45, 2.75) is 88.7 Å². The lowest BCUT2D eigenvalue weighted by Gasteiger charge is -2.68. The smallest absolute Gasteiger partial charge is 0.311 e. The maximum absolute atomic E-state index is 14.9. The molecule has 9 rings (SSSR count). The van der Waals surface area contributed by atoms with Crippen molar-refractivity contribution < 1.29 is 28.1 Å². The number of para-hydroxylation sites is 1. The first-order valence-electron chi connectivity index (χ1n) is 16.1. The van der Waals surface area contributed by atoms with Crippen LogP contribution in [0.25, 0.3) is 0 Å². The van der Waals surface area contributed by atoms with E-state index in [4.69, 9.17) is 35.5 Å². The lowest BCUT2D eigenvalue weighted by atomic mass is 9.34. The second kappa shape index (κ2) is 10.4. The third-order valence-electron chi connectivity index (χ3n) is 11.1. The molecule has 1 aromatic heterocycles. The van der Waals surface area contributed by atoms with Crippen molar-refractivity contribution in [1.82, 2.24) is 14.5 Å². The van der Waals surface area contributed by atoms with Gasteiger partial charge in [-0.05, 0) is 88.7 Å². The van der Waals surface area contributed by atoms with Crippen LogP contribution >= 0.6 is 11.6 Å². The van der Waals surface area contributed by atoms with E-state index >= 15 is 0 Å². The Bertz CT molecular complexity index is 1660. The zero-order chi connectivity index (χ0) is 31.1. The topological polar surface area (TPSA) is 75.0 Å². The molecule has 3 aromatic rings. The lowest BCUT2D eigenvalue weighted by Crippen LogP contribution is -2.68. The second-order valence-corrected chi connectivity index (χ2v) is 14.4. The summed E-state index contributed by atoms with van der Waals surface area (Å²) in [6.07, 6.45) is 5.76. The Morgan fingerprint density at radius 3 is 2.56 bits per heavy atom. The number of benzene rings is 2. The average Bonchev–Trinajstić information content (AvgIpc) is 3.45. The number of nitrogens with zero attached hydrogens (tertiary/aromatic N) is 3.